The standard InChI is InChI=1S/C26H28Br3O4P/c1-25(2,3)17-7-11-20(12-8-17)31-34(30,33-24-22(28)15-19(27)16-23(24)29)32-21-13-9-18(10-14-21)26(4,5)6/h7-16H,1-6H3. The van der Waals surface area contributed by atoms with Crippen molar-refractivity contribution in [1.82, 2.24) is 0 Å². The quantitative estimate of drug-likeness (QED) is 0.244. The van der Waals surface area contributed by atoms with Gasteiger partial charge in [0.2, 0.25) is 0 Å². The van der Waals surface area contributed by atoms with Gasteiger partial charge in [-0.25, -0.2) is 0 Å². The highest BCUT2D eigenvalue weighted by molar-refractivity contribution is 9.11. The van der Waals surface area contributed by atoms with E-state index in [1.165, 1.54) is 0 Å². The maximum atomic E-state index is 14.0. The Morgan fingerprint density at radius 2 is 0.971 bits per heavy atom. The number of benzene rings is 3. The lowest BCUT2D eigenvalue weighted by molar-refractivity contribution is 0.297. The summed E-state index contributed by atoms with van der Waals surface area (Å²) >= 11 is 10.4. The fourth-order valence-corrected chi connectivity index (χ4v) is 7.04. The van der Waals surface area contributed by atoms with Gasteiger partial charge in [-0.3, -0.25) is 0 Å². The van der Waals surface area contributed by atoms with Crippen LogP contribution in [0.2, 0.25) is 0 Å². The molecule has 8 heteroatoms. The molecule has 3 rings (SSSR count). The van der Waals surface area contributed by atoms with E-state index < -0.39 is 7.82 Å². The molecule has 0 saturated carbocycles. The second-order valence-corrected chi connectivity index (χ2v) is 14.0. The summed E-state index contributed by atoms with van der Waals surface area (Å²) in [5.74, 6) is 1.07. The monoisotopic (exact) mass is 672 g/mol. The summed E-state index contributed by atoms with van der Waals surface area (Å²) in [5.41, 5.74) is 2.23. The van der Waals surface area contributed by atoms with Crippen LogP contribution in [0.3, 0.4) is 0 Å². The molecule has 0 aliphatic heterocycles. The first-order valence-corrected chi connectivity index (χ1v) is 14.5. The zero-order valence-electron chi connectivity index (χ0n) is 20.0. The van der Waals surface area contributed by atoms with Crippen molar-refractivity contribution in [2.75, 3.05) is 0 Å². The molecule has 0 heterocycles. The fourth-order valence-electron chi connectivity index (χ4n) is 3.07. The molecule has 0 amide bonds. The summed E-state index contributed by atoms with van der Waals surface area (Å²) in [7, 11) is -4.14. The predicted octanol–water partition coefficient (Wildman–Crippen LogP) is 10.2. The van der Waals surface area contributed by atoms with Crippen molar-refractivity contribution < 1.29 is 18.1 Å². The molecule has 3 aromatic rings. The molecule has 3 aromatic carbocycles. The highest BCUT2D eigenvalue weighted by Crippen LogP contribution is 2.53. The van der Waals surface area contributed by atoms with Gasteiger partial charge in [0.15, 0.2) is 5.75 Å². The van der Waals surface area contributed by atoms with E-state index in [2.05, 4.69) is 89.3 Å². The van der Waals surface area contributed by atoms with Crippen molar-refractivity contribution in [2.24, 2.45) is 0 Å². The van der Waals surface area contributed by atoms with Crippen molar-refractivity contribution in [1.29, 1.82) is 0 Å². The summed E-state index contributed by atoms with van der Waals surface area (Å²) < 4.78 is 33.6. The number of hydrogen-bond donors (Lipinski definition) is 0. The SMILES string of the molecule is CC(C)(C)c1ccc(OP(=O)(Oc2ccc(C(C)(C)C)cc2)Oc2c(Br)cc(Br)cc2Br)cc1. The van der Waals surface area contributed by atoms with Crippen molar-refractivity contribution in [3.05, 3.63) is 85.2 Å². The second-order valence-electron chi connectivity index (χ2n) is 9.97. The number of halogens is 3. The predicted molar refractivity (Wildman–Crippen MR) is 149 cm³/mol. The number of rotatable bonds is 6. The minimum atomic E-state index is -4.14. The lowest BCUT2D eigenvalue weighted by atomic mass is 9.87. The third-order valence-corrected chi connectivity index (χ3v) is 7.95. The molecule has 4 nitrogen and oxygen atoms in total. The molecule has 0 N–H and O–H groups in total. The van der Waals surface area contributed by atoms with Gasteiger partial charge in [-0.15, -0.1) is 0 Å². The molecule has 0 unspecified atom stereocenters. The van der Waals surface area contributed by atoms with Crippen molar-refractivity contribution in [3.8, 4) is 17.2 Å². The Hall–Kier alpha value is -1.27. The zero-order chi connectivity index (χ0) is 25.3. The Morgan fingerprint density at radius 3 is 1.29 bits per heavy atom. The van der Waals surface area contributed by atoms with Crippen molar-refractivity contribution in [3.63, 3.8) is 0 Å². The summed E-state index contributed by atoms with van der Waals surface area (Å²) in [6.07, 6.45) is 0. The van der Waals surface area contributed by atoms with Gasteiger partial charge in [0.1, 0.15) is 11.5 Å². The van der Waals surface area contributed by atoms with E-state index >= 15 is 0 Å². The molecule has 182 valence electrons. The van der Waals surface area contributed by atoms with Gasteiger partial charge in [-0.1, -0.05) is 81.7 Å². The van der Waals surface area contributed by atoms with Crippen LogP contribution in [0.25, 0.3) is 0 Å². The van der Waals surface area contributed by atoms with Gasteiger partial charge in [0, 0.05) is 4.47 Å². The molecule has 0 aliphatic carbocycles. The van der Waals surface area contributed by atoms with Crippen molar-refractivity contribution in [2.45, 2.75) is 52.4 Å². The molecule has 0 bridgehead atoms. The maximum Gasteiger partial charge on any atom is 0.647 e. The molecule has 0 radical (unpaired) electrons. The van der Waals surface area contributed by atoms with Gasteiger partial charge >= 0.3 is 7.82 Å². The molecule has 0 aliphatic rings. The van der Waals surface area contributed by atoms with E-state index in [-0.39, 0.29) is 10.8 Å². The van der Waals surface area contributed by atoms with Crippen LogP contribution in [0.4, 0.5) is 0 Å². The maximum absolute atomic E-state index is 14.0. The van der Waals surface area contributed by atoms with Gasteiger partial charge < -0.3 is 13.6 Å². The van der Waals surface area contributed by atoms with E-state index in [0.29, 0.717) is 26.2 Å². The Morgan fingerprint density at radius 1 is 0.618 bits per heavy atom. The fraction of sp³-hybridized carbons (Fsp3) is 0.308. The van der Waals surface area contributed by atoms with E-state index in [0.717, 1.165) is 15.6 Å². The number of phosphoric ester groups is 1. The first-order chi connectivity index (χ1) is 15.7. The van der Waals surface area contributed by atoms with E-state index in [9.17, 15) is 4.57 Å². The van der Waals surface area contributed by atoms with Gasteiger partial charge in [0.25, 0.3) is 0 Å². The topological polar surface area (TPSA) is 44.8 Å². The Labute approximate surface area is 227 Å². The lowest BCUT2D eigenvalue weighted by Gasteiger charge is -2.23. The third kappa shape index (κ3) is 7.13. The zero-order valence-corrected chi connectivity index (χ0v) is 25.6. The first-order valence-electron chi connectivity index (χ1n) is 10.7. The molecular formula is C26H28Br3O4P. The van der Waals surface area contributed by atoms with Gasteiger partial charge in [-0.2, -0.15) is 4.57 Å². The van der Waals surface area contributed by atoms with E-state index in [1.54, 1.807) is 36.4 Å². The molecule has 34 heavy (non-hydrogen) atoms. The van der Waals surface area contributed by atoms with Gasteiger partial charge in [0.05, 0.1) is 8.95 Å². The summed E-state index contributed by atoms with van der Waals surface area (Å²) in [6.45, 7) is 12.8. The average Bonchev–Trinajstić information content (AvgIpc) is 2.70. The van der Waals surface area contributed by atoms with Gasteiger partial charge in [-0.05, 0) is 90.2 Å². The smallest absolute Gasteiger partial charge is 0.386 e. The Bertz CT molecular complexity index is 1110. The Balaban J connectivity index is 1.96. The second kappa shape index (κ2) is 10.4. The normalized spacial score (nSPS) is 12.4. The van der Waals surface area contributed by atoms with Crippen LogP contribution in [0, 0.1) is 0 Å². The summed E-state index contributed by atoms with van der Waals surface area (Å²) in [6, 6.07) is 18.5. The van der Waals surface area contributed by atoms with Crippen molar-refractivity contribution >= 4 is 55.6 Å². The average molecular weight is 675 g/mol. The molecule has 0 spiro atoms. The van der Waals surface area contributed by atoms with Crippen LogP contribution < -0.4 is 13.6 Å². The van der Waals surface area contributed by atoms with Crippen LogP contribution in [0.1, 0.15) is 52.7 Å². The molecule has 0 saturated heterocycles. The highest BCUT2D eigenvalue weighted by Gasteiger charge is 2.35. The minimum absolute atomic E-state index is 0.0167. The molecule has 0 aromatic heterocycles. The molecular weight excluding hydrogens is 647 g/mol. The summed E-state index contributed by atoms with van der Waals surface area (Å²) in [4.78, 5) is 0. The lowest BCUT2D eigenvalue weighted by Crippen LogP contribution is -2.12. The summed E-state index contributed by atoms with van der Waals surface area (Å²) in [5, 5.41) is 0. The highest BCUT2D eigenvalue weighted by atomic mass is 79.9. The van der Waals surface area contributed by atoms with Crippen LogP contribution >= 0.6 is 55.6 Å². The van der Waals surface area contributed by atoms with Crippen LogP contribution in [-0.4, -0.2) is 0 Å². The molecule has 0 atom stereocenters. The third-order valence-electron chi connectivity index (χ3n) is 5.04. The van der Waals surface area contributed by atoms with Crippen LogP contribution in [0.15, 0.2) is 74.1 Å². The van der Waals surface area contributed by atoms with E-state index in [1.807, 2.05) is 24.3 Å². The number of phosphoric acid groups is 1. The molecule has 0 fully saturated rings. The van der Waals surface area contributed by atoms with E-state index in [4.69, 9.17) is 13.6 Å². The minimum Gasteiger partial charge on any atom is -0.386 e. The first kappa shape index (κ1) is 27.3. The number of hydrogen-bond acceptors (Lipinski definition) is 4. The van der Waals surface area contributed by atoms with Crippen LogP contribution in [0.5, 0.6) is 17.2 Å². The largest absolute Gasteiger partial charge is 0.647 e. The Kier molecular flexibility index (Phi) is 8.34. The van der Waals surface area contributed by atoms with Crippen LogP contribution in [-0.2, 0) is 15.4 Å².